The zero-order chi connectivity index (χ0) is 26.9. The first-order valence-electron chi connectivity index (χ1n) is 16.3. The lowest BCUT2D eigenvalue weighted by atomic mass is 9.67. The summed E-state index contributed by atoms with van der Waals surface area (Å²) in [6.45, 7) is 8.65. The topological polar surface area (TPSA) is 49.7 Å². The predicted molar refractivity (Wildman–Crippen MR) is 159 cm³/mol. The molecule has 3 nitrogen and oxygen atoms in total. The van der Waals surface area contributed by atoms with Gasteiger partial charge in [0.25, 0.3) is 0 Å². The van der Waals surface area contributed by atoms with Crippen molar-refractivity contribution < 1.29 is 14.9 Å². The van der Waals surface area contributed by atoms with Crippen LogP contribution in [0, 0.1) is 41.4 Å². The molecule has 0 bridgehead atoms. The average molecular weight is 521 g/mol. The van der Waals surface area contributed by atoms with E-state index in [0.29, 0.717) is 5.92 Å². The van der Waals surface area contributed by atoms with Gasteiger partial charge in [-0.25, -0.2) is 0 Å². The fourth-order valence-electron chi connectivity index (χ4n) is 7.71. The van der Waals surface area contributed by atoms with Gasteiger partial charge in [-0.15, -0.1) is 0 Å². The van der Waals surface area contributed by atoms with Crippen LogP contribution >= 0.6 is 0 Å². The van der Waals surface area contributed by atoms with E-state index >= 15 is 0 Å². The van der Waals surface area contributed by atoms with Crippen molar-refractivity contribution in [3.63, 3.8) is 0 Å². The first kappa shape index (κ1) is 32.8. The van der Waals surface area contributed by atoms with E-state index in [4.69, 9.17) is 9.84 Å². The van der Waals surface area contributed by atoms with Crippen molar-refractivity contribution in [3.8, 4) is 0 Å². The molecule has 3 aliphatic carbocycles. The van der Waals surface area contributed by atoms with Crippen molar-refractivity contribution in [1.82, 2.24) is 0 Å². The molecule has 3 aliphatic rings. The Morgan fingerprint density at radius 2 is 1.16 bits per heavy atom. The van der Waals surface area contributed by atoms with E-state index in [9.17, 15) is 5.11 Å². The molecule has 37 heavy (non-hydrogen) atoms. The van der Waals surface area contributed by atoms with Gasteiger partial charge in [-0.3, -0.25) is 0 Å². The Morgan fingerprint density at radius 1 is 0.730 bits per heavy atom. The normalized spacial score (nSPS) is 31.3. The summed E-state index contributed by atoms with van der Waals surface area (Å²) in [5.74, 6) is 6.39. The molecule has 0 spiro atoms. The van der Waals surface area contributed by atoms with Crippen molar-refractivity contribution in [1.29, 1.82) is 0 Å². The van der Waals surface area contributed by atoms with Gasteiger partial charge in [0, 0.05) is 19.6 Å². The Balaban J connectivity index is 0.000000877. The van der Waals surface area contributed by atoms with Gasteiger partial charge in [-0.05, 0) is 74.5 Å². The molecule has 1 atom stereocenters. The van der Waals surface area contributed by atoms with Crippen molar-refractivity contribution in [3.05, 3.63) is 12.2 Å². The summed E-state index contributed by atoms with van der Waals surface area (Å²) in [5, 5.41) is 17.6. The molecular weight excluding hydrogens is 456 g/mol. The van der Waals surface area contributed by atoms with Crippen LogP contribution in [0.5, 0.6) is 0 Å². The number of hydrogen-bond acceptors (Lipinski definition) is 3. The van der Waals surface area contributed by atoms with Gasteiger partial charge in [0.15, 0.2) is 0 Å². The Hall–Kier alpha value is -0.380. The molecule has 3 fully saturated rings. The molecule has 1 unspecified atom stereocenters. The SMILES string of the molecule is C=C(C)CO.CCCCCC1CCC(CCC2CCC(C3CCC(CC(CO)COC)CC3)CC2)CC1. The Morgan fingerprint density at radius 3 is 1.57 bits per heavy atom. The monoisotopic (exact) mass is 520 g/mol. The molecule has 0 aromatic carbocycles. The number of rotatable bonds is 14. The quantitative estimate of drug-likeness (QED) is 0.177. The second-order valence-electron chi connectivity index (χ2n) is 13.4. The molecule has 0 aromatic rings. The Labute approximate surface area is 231 Å². The van der Waals surface area contributed by atoms with Crippen LogP contribution in [0.15, 0.2) is 12.2 Å². The van der Waals surface area contributed by atoms with Crippen molar-refractivity contribution >= 4 is 0 Å². The number of ether oxygens (including phenoxy) is 1. The summed E-state index contributed by atoms with van der Waals surface area (Å²) in [7, 11) is 1.76. The van der Waals surface area contributed by atoms with Gasteiger partial charge in [0.1, 0.15) is 0 Å². The summed E-state index contributed by atoms with van der Waals surface area (Å²) in [6, 6.07) is 0. The van der Waals surface area contributed by atoms with Crippen LogP contribution < -0.4 is 0 Å². The van der Waals surface area contributed by atoms with E-state index in [-0.39, 0.29) is 13.2 Å². The third-order valence-electron chi connectivity index (χ3n) is 10.2. The molecular formula is C34H64O3. The molecule has 0 aromatic heterocycles. The molecule has 0 radical (unpaired) electrons. The highest BCUT2D eigenvalue weighted by atomic mass is 16.5. The minimum absolute atomic E-state index is 0.111. The lowest BCUT2D eigenvalue weighted by Gasteiger charge is -2.39. The molecule has 3 saturated carbocycles. The number of methoxy groups -OCH3 is 1. The van der Waals surface area contributed by atoms with Gasteiger partial charge in [-0.1, -0.05) is 109 Å². The van der Waals surface area contributed by atoms with Gasteiger partial charge < -0.3 is 14.9 Å². The number of aliphatic hydroxyl groups excluding tert-OH is 2. The maximum Gasteiger partial charge on any atom is 0.0636 e. The fourth-order valence-corrected chi connectivity index (χ4v) is 7.71. The standard InChI is InChI=1S/C30H56O2.C4H8O/c1-3-4-5-6-24-7-9-25(10-8-24)11-12-26-13-17-29(18-14-26)30-19-15-27(16-20-30)21-28(22-31)23-32-2;1-4(2)3-5/h24-31H,3-23H2,1-2H3;5H,1,3H2,2H3. The van der Waals surface area contributed by atoms with Gasteiger partial charge in [0.05, 0.1) is 13.2 Å². The van der Waals surface area contributed by atoms with Crippen LogP contribution in [0.3, 0.4) is 0 Å². The summed E-state index contributed by atoms with van der Waals surface area (Å²) >= 11 is 0. The summed E-state index contributed by atoms with van der Waals surface area (Å²) < 4.78 is 5.28. The summed E-state index contributed by atoms with van der Waals surface area (Å²) in [6.07, 6.45) is 28.0. The molecule has 0 aliphatic heterocycles. The summed E-state index contributed by atoms with van der Waals surface area (Å²) in [4.78, 5) is 0. The van der Waals surface area contributed by atoms with Crippen LogP contribution in [0.25, 0.3) is 0 Å². The second-order valence-corrected chi connectivity index (χ2v) is 13.4. The van der Waals surface area contributed by atoms with Crippen molar-refractivity contribution in [2.75, 3.05) is 26.9 Å². The maximum atomic E-state index is 9.57. The van der Waals surface area contributed by atoms with Crippen LogP contribution in [-0.2, 0) is 4.74 Å². The largest absolute Gasteiger partial charge is 0.396 e. The number of aliphatic hydroxyl groups is 2. The molecule has 0 heterocycles. The van der Waals surface area contributed by atoms with Crippen LogP contribution in [-0.4, -0.2) is 37.1 Å². The van der Waals surface area contributed by atoms with E-state index < -0.39 is 0 Å². The predicted octanol–water partition coefficient (Wildman–Crippen LogP) is 8.97. The lowest BCUT2D eigenvalue weighted by Crippen LogP contribution is -2.27. The molecule has 3 heteroatoms. The highest BCUT2D eigenvalue weighted by Crippen LogP contribution is 2.44. The molecule has 218 valence electrons. The van der Waals surface area contributed by atoms with E-state index in [2.05, 4.69) is 13.5 Å². The van der Waals surface area contributed by atoms with Crippen LogP contribution in [0.1, 0.15) is 136 Å². The highest BCUT2D eigenvalue weighted by molar-refractivity contribution is 4.86. The summed E-state index contributed by atoms with van der Waals surface area (Å²) in [5.41, 5.74) is 0.810. The van der Waals surface area contributed by atoms with Gasteiger partial charge >= 0.3 is 0 Å². The highest BCUT2D eigenvalue weighted by Gasteiger charge is 2.32. The van der Waals surface area contributed by atoms with Crippen LogP contribution in [0.2, 0.25) is 0 Å². The molecule has 2 N–H and O–H groups in total. The minimum Gasteiger partial charge on any atom is -0.396 e. The molecule has 0 amide bonds. The van der Waals surface area contributed by atoms with E-state index in [0.717, 1.165) is 47.7 Å². The van der Waals surface area contributed by atoms with Gasteiger partial charge in [-0.2, -0.15) is 0 Å². The third-order valence-corrected chi connectivity index (χ3v) is 10.2. The Kier molecular flexibility index (Phi) is 17.4. The molecule has 3 rings (SSSR count). The maximum absolute atomic E-state index is 9.57. The lowest BCUT2D eigenvalue weighted by molar-refractivity contribution is 0.0791. The first-order valence-corrected chi connectivity index (χ1v) is 16.3. The van der Waals surface area contributed by atoms with Gasteiger partial charge in [0.2, 0.25) is 0 Å². The van der Waals surface area contributed by atoms with E-state index in [1.54, 1.807) is 14.0 Å². The van der Waals surface area contributed by atoms with Crippen molar-refractivity contribution in [2.24, 2.45) is 41.4 Å². The fraction of sp³-hybridized carbons (Fsp3) is 0.941. The minimum atomic E-state index is 0.111. The zero-order valence-corrected chi connectivity index (χ0v) is 25.1. The average Bonchev–Trinajstić information content (AvgIpc) is 2.93. The Bertz CT molecular complexity index is 551. The van der Waals surface area contributed by atoms with E-state index in [1.165, 1.54) is 122 Å². The van der Waals surface area contributed by atoms with Crippen molar-refractivity contribution in [2.45, 2.75) is 136 Å². The van der Waals surface area contributed by atoms with E-state index in [1.807, 2.05) is 0 Å². The number of hydrogen-bond donors (Lipinski definition) is 2. The second kappa shape index (κ2) is 19.6. The zero-order valence-electron chi connectivity index (χ0n) is 25.1. The number of unbranched alkanes of at least 4 members (excludes halogenated alkanes) is 2. The van der Waals surface area contributed by atoms with Crippen LogP contribution in [0.4, 0.5) is 0 Å². The third kappa shape index (κ3) is 13.5. The molecule has 0 saturated heterocycles. The smallest absolute Gasteiger partial charge is 0.0636 e. The first-order chi connectivity index (χ1) is 18.0.